The lowest BCUT2D eigenvalue weighted by Gasteiger charge is -2.06. The van der Waals surface area contributed by atoms with E-state index in [0.717, 1.165) is 41.3 Å². The normalized spacial score (nSPS) is 13.3. The Bertz CT molecular complexity index is 1090. The molecule has 1 aliphatic rings. The Hall–Kier alpha value is -2.85. The standard InChI is InChI=1S/C21H15ClO4/c22-18-7-2-1-4-13(18)8-11-20(23)25-14-9-10-16-15-5-3-6-17(15)21(24)26-19(16)12-14/h1-2,4,7-12H,3,5-6H2/b11-8+. The van der Waals surface area contributed by atoms with E-state index >= 15 is 0 Å². The minimum absolute atomic E-state index is 0.299. The second kappa shape index (κ2) is 6.81. The van der Waals surface area contributed by atoms with E-state index in [1.807, 2.05) is 18.2 Å². The first-order chi connectivity index (χ1) is 12.6. The number of esters is 1. The molecule has 0 radical (unpaired) electrons. The summed E-state index contributed by atoms with van der Waals surface area (Å²) in [6.07, 6.45) is 5.50. The molecule has 26 heavy (non-hydrogen) atoms. The molecule has 0 fully saturated rings. The van der Waals surface area contributed by atoms with Gasteiger partial charge in [-0.1, -0.05) is 29.8 Å². The van der Waals surface area contributed by atoms with Crippen molar-refractivity contribution in [3.63, 3.8) is 0 Å². The summed E-state index contributed by atoms with van der Waals surface area (Å²) < 4.78 is 10.7. The molecule has 0 aliphatic heterocycles. The summed E-state index contributed by atoms with van der Waals surface area (Å²) in [6, 6.07) is 12.3. The molecule has 0 spiro atoms. The Morgan fingerprint density at radius 3 is 2.77 bits per heavy atom. The first-order valence-electron chi connectivity index (χ1n) is 8.35. The van der Waals surface area contributed by atoms with Crippen molar-refractivity contribution in [3.05, 3.63) is 80.7 Å². The van der Waals surface area contributed by atoms with Gasteiger partial charge in [0.15, 0.2) is 0 Å². The Labute approximate surface area is 154 Å². The highest BCUT2D eigenvalue weighted by atomic mass is 35.5. The van der Waals surface area contributed by atoms with Crippen molar-refractivity contribution in [3.8, 4) is 5.75 Å². The van der Waals surface area contributed by atoms with Crippen LogP contribution in [-0.4, -0.2) is 5.97 Å². The fourth-order valence-electron chi connectivity index (χ4n) is 3.25. The quantitative estimate of drug-likeness (QED) is 0.295. The molecule has 4 rings (SSSR count). The first kappa shape index (κ1) is 16.6. The maximum Gasteiger partial charge on any atom is 0.339 e. The van der Waals surface area contributed by atoms with Gasteiger partial charge in [0.25, 0.3) is 0 Å². The van der Waals surface area contributed by atoms with Gasteiger partial charge in [0.2, 0.25) is 0 Å². The van der Waals surface area contributed by atoms with E-state index in [-0.39, 0.29) is 5.63 Å². The highest BCUT2D eigenvalue weighted by molar-refractivity contribution is 6.32. The predicted octanol–water partition coefficient (Wildman–Crippen LogP) is 4.55. The summed E-state index contributed by atoms with van der Waals surface area (Å²) in [5, 5.41) is 1.46. The van der Waals surface area contributed by atoms with Crippen LogP contribution in [0.3, 0.4) is 0 Å². The summed E-state index contributed by atoms with van der Waals surface area (Å²) in [5.41, 5.74) is 2.69. The highest BCUT2D eigenvalue weighted by Gasteiger charge is 2.19. The zero-order valence-corrected chi connectivity index (χ0v) is 14.6. The van der Waals surface area contributed by atoms with Crippen LogP contribution in [0.25, 0.3) is 17.0 Å². The summed E-state index contributed by atoms with van der Waals surface area (Å²) in [7, 11) is 0. The average Bonchev–Trinajstić information content (AvgIpc) is 3.11. The van der Waals surface area contributed by atoms with Gasteiger partial charge in [-0.25, -0.2) is 9.59 Å². The molecule has 130 valence electrons. The van der Waals surface area contributed by atoms with Crippen molar-refractivity contribution in [2.24, 2.45) is 0 Å². The Morgan fingerprint density at radius 2 is 1.92 bits per heavy atom. The fraction of sp³-hybridized carbons (Fsp3) is 0.143. The van der Waals surface area contributed by atoms with E-state index < -0.39 is 5.97 Å². The van der Waals surface area contributed by atoms with Crippen molar-refractivity contribution in [2.45, 2.75) is 19.3 Å². The zero-order valence-electron chi connectivity index (χ0n) is 13.8. The van der Waals surface area contributed by atoms with Crippen LogP contribution in [0.4, 0.5) is 0 Å². The molecule has 3 aromatic rings. The summed E-state index contributed by atoms with van der Waals surface area (Å²) in [6.45, 7) is 0. The molecule has 0 saturated heterocycles. The minimum atomic E-state index is -0.534. The molecular formula is C21H15ClO4. The molecule has 1 aromatic heterocycles. The van der Waals surface area contributed by atoms with Gasteiger partial charge in [-0.15, -0.1) is 0 Å². The third-order valence-corrected chi connectivity index (χ3v) is 4.81. The SMILES string of the molecule is O=C(/C=C/c1ccccc1Cl)Oc1ccc2c3c(c(=O)oc2c1)CCC3. The molecule has 5 heteroatoms. The van der Waals surface area contributed by atoms with Gasteiger partial charge in [0.1, 0.15) is 11.3 Å². The van der Waals surface area contributed by atoms with E-state index in [4.69, 9.17) is 20.8 Å². The molecule has 1 aliphatic carbocycles. The lowest BCUT2D eigenvalue weighted by molar-refractivity contribution is -0.128. The Morgan fingerprint density at radius 1 is 1.12 bits per heavy atom. The second-order valence-corrected chi connectivity index (χ2v) is 6.54. The van der Waals surface area contributed by atoms with Crippen LogP contribution in [0.5, 0.6) is 5.75 Å². The van der Waals surface area contributed by atoms with E-state index in [0.29, 0.717) is 16.4 Å². The topological polar surface area (TPSA) is 56.5 Å². The molecule has 0 unspecified atom stereocenters. The number of halogens is 1. The van der Waals surface area contributed by atoms with Gasteiger partial charge >= 0.3 is 11.6 Å². The monoisotopic (exact) mass is 366 g/mol. The smallest absolute Gasteiger partial charge is 0.339 e. The maximum absolute atomic E-state index is 12.1. The zero-order chi connectivity index (χ0) is 18.1. The van der Waals surface area contributed by atoms with Gasteiger partial charge in [0.05, 0.1) is 0 Å². The molecular weight excluding hydrogens is 352 g/mol. The molecule has 0 N–H and O–H groups in total. The van der Waals surface area contributed by atoms with E-state index in [2.05, 4.69) is 0 Å². The van der Waals surface area contributed by atoms with Crippen LogP contribution in [-0.2, 0) is 17.6 Å². The van der Waals surface area contributed by atoms with Crippen molar-refractivity contribution >= 4 is 34.6 Å². The van der Waals surface area contributed by atoms with Crippen LogP contribution < -0.4 is 10.4 Å². The third kappa shape index (κ3) is 3.16. The van der Waals surface area contributed by atoms with Gasteiger partial charge < -0.3 is 9.15 Å². The molecule has 2 aromatic carbocycles. The van der Waals surface area contributed by atoms with Gasteiger partial charge in [-0.2, -0.15) is 0 Å². The van der Waals surface area contributed by atoms with Crippen LogP contribution >= 0.6 is 11.6 Å². The molecule has 0 atom stereocenters. The number of ether oxygens (including phenoxy) is 1. The van der Waals surface area contributed by atoms with Crippen molar-refractivity contribution in [1.82, 2.24) is 0 Å². The minimum Gasteiger partial charge on any atom is -0.423 e. The summed E-state index contributed by atoms with van der Waals surface area (Å²) >= 11 is 6.05. The number of carbonyl (C=O) groups is 1. The molecule has 1 heterocycles. The average molecular weight is 367 g/mol. The largest absolute Gasteiger partial charge is 0.423 e. The van der Waals surface area contributed by atoms with Crippen LogP contribution in [0.1, 0.15) is 23.1 Å². The lowest BCUT2D eigenvalue weighted by Crippen LogP contribution is -2.07. The van der Waals surface area contributed by atoms with Crippen molar-refractivity contribution < 1.29 is 13.9 Å². The third-order valence-electron chi connectivity index (χ3n) is 4.47. The number of aryl methyl sites for hydroxylation is 1. The number of fused-ring (bicyclic) bond motifs is 3. The van der Waals surface area contributed by atoms with Crippen LogP contribution in [0.2, 0.25) is 5.02 Å². The van der Waals surface area contributed by atoms with Crippen molar-refractivity contribution in [2.75, 3.05) is 0 Å². The number of rotatable bonds is 3. The summed E-state index contributed by atoms with van der Waals surface area (Å²) in [4.78, 5) is 24.1. The molecule has 0 bridgehead atoms. The van der Waals surface area contributed by atoms with Crippen LogP contribution in [0.15, 0.2) is 57.8 Å². The van der Waals surface area contributed by atoms with Gasteiger partial charge in [0, 0.05) is 28.1 Å². The molecule has 0 amide bonds. The van der Waals surface area contributed by atoms with Crippen LogP contribution in [0, 0.1) is 0 Å². The first-order valence-corrected chi connectivity index (χ1v) is 8.72. The maximum atomic E-state index is 12.1. The summed E-state index contributed by atoms with van der Waals surface area (Å²) in [5.74, 6) is -0.208. The van der Waals surface area contributed by atoms with E-state index in [1.54, 1.807) is 30.3 Å². The van der Waals surface area contributed by atoms with Gasteiger partial charge in [-0.05, 0) is 54.7 Å². The second-order valence-electron chi connectivity index (χ2n) is 6.13. The number of carbonyl (C=O) groups excluding carboxylic acids is 1. The van der Waals surface area contributed by atoms with E-state index in [1.165, 1.54) is 6.08 Å². The van der Waals surface area contributed by atoms with Gasteiger partial charge in [-0.3, -0.25) is 0 Å². The number of benzene rings is 2. The highest BCUT2D eigenvalue weighted by Crippen LogP contribution is 2.29. The lowest BCUT2D eigenvalue weighted by atomic mass is 10.1. The fourth-order valence-corrected chi connectivity index (χ4v) is 3.44. The van der Waals surface area contributed by atoms with Crippen molar-refractivity contribution in [1.29, 1.82) is 0 Å². The molecule has 4 nitrogen and oxygen atoms in total. The number of hydrogen-bond donors (Lipinski definition) is 0. The predicted molar refractivity (Wildman–Crippen MR) is 101 cm³/mol. The number of hydrogen-bond acceptors (Lipinski definition) is 4. The molecule has 0 saturated carbocycles. The Balaban J connectivity index is 1.58. The Kier molecular flexibility index (Phi) is 4.35. The van der Waals surface area contributed by atoms with E-state index in [9.17, 15) is 9.59 Å².